The van der Waals surface area contributed by atoms with E-state index < -0.39 is 0 Å². The molecule has 3 N–H and O–H groups in total. The average Bonchev–Trinajstić information content (AvgIpc) is 3.25. The zero-order valence-electron chi connectivity index (χ0n) is 18.2. The summed E-state index contributed by atoms with van der Waals surface area (Å²) < 4.78 is 0. The van der Waals surface area contributed by atoms with E-state index in [1.54, 1.807) is 24.7 Å². The summed E-state index contributed by atoms with van der Waals surface area (Å²) in [7, 11) is 2.19. The first-order valence-electron chi connectivity index (χ1n) is 10.7. The standard InChI is InChI=1S/C24H28ClN7/c1-16(19-11-20(25)13-26-12-19)30-23-15-28-31-24(23)17(2)29-22-5-4-21(27-14-22)10-18-6-8-32(3)9-7-18/h4-5,11-15,18,29-30H,1-2,6-10H2,3H3,(H,28,31). The van der Waals surface area contributed by atoms with Crippen molar-refractivity contribution in [2.45, 2.75) is 19.3 Å². The van der Waals surface area contributed by atoms with Gasteiger partial charge in [0.05, 0.1) is 28.3 Å². The first-order chi connectivity index (χ1) is 15.5. The number of aromatic nitrogens is 4. The van der Waals surface area contributed by atoms with Gasteiger partial charge >= 0.3 is 0 Å². The van der Waals surface area contributed by atoms with Gasteiger partial charge in [-0.1, -0.05) is 24.8 Å². The van der Waals surface area contributed by atoms with Gasteiger partial charge in [-0.3, -0.25) is 15.1 Å². The fraction of sp³-hybridized carbons (Fsp3) is 0.292. The number of H-pyrrole nitrogens is 1. The van der Waals surface area contributed by atoms with Crippen LogP contribution < -0.4 is 10.6 Å². The van der Waals surface area contributed by atoms with Crippen molar-refractivity contribution in [2.75, 3.05) is 30.8 Å². The summed E-state index contributed by atoms with van der Waals surface area (Å²) in [6.07, 6.45) is 10.4. The van der Waals surface area contributed by atoms with Crippen molar-refractivity contribution in [3.63, 3.8) is 0 Å². The molecule has 32 heavy (non-hydrogen) atoms. The van der Waals surface area contributed by atoms with Crippen molar-refractivity contribution in [3.8, 4) is 0 Å². The fourth-order valence-electron chi connectivity index (χ4n) is 3.84. The molecule has 4 heterocycles. The van der Waals surface area contributed by atoms with Crippen LogP contribution in [0.3, 0.4) is 0 Å². The third-order valence-corrected chi connectivity index (χ3v) is 5.93. The van der Waals surface area contributed by atoms with Crippen LogP contribution in [0.4, 0.5) is 11.4 Å². The number of nitrogens with zero attached hydrogens (tertiary/aromatic N) is 4. The SMILES string of the molecule is C=C(Nc1c[nH]nc1C(=C)Nc1ccc(CC2CCN(C)CC2)nc1)c1cncc(Cl)c1. The maximum atomic E-state index is 6.03. The molecule has 3 aromatic rings. The number of likely N-dealkylation sites (tertiary alicyclic amines) is 1. The van der Waals surface area contributed by atoms with Crippen LogP contribution in [0.5, 0.6) is 0 Å². The predicted octanol–water partition coefficient (Wildman–Crippen LogP) is 4.90. The van der Waals surface area contributed by atoms with E-state index in [0.717, 1.165) is 29.1 Å². The normalized spacial score (nSPS) is 14.8. The third kappa shape index (κ3) is 5.55. The van der Waals surface area contributed by atoms with E-state index in [4.69, 9.17) is 11.6 Å². The lowest BCUT2D eigenvalue weighted by molar-refractivity contribution is 0.218. The number of hydrogen-bond donors (Lipinski definition) is 3. The smallest absolute Gasteiger partial charge is 0.131 e. The molecule has 3 aromatic heterocycles. The van der Waals surface area contributed by atoms with E-state index in [-0.39, 0.29) is 0 Å². The molecule has 0 radical (unpaired) electrons. The molecular weight excluding hydrogens is 422 g/mol. The summed E-state index contributed by atoms with van der Waals surface area (Å²) in [5.74, 6) is 0.716. The van der Waals surface area contributed by atoms with E-state index in [2.05, 4.69) is 62.0 Å². The Labute approximate surface area is 193 Å². The number of nitrogens with one attached hydrogen (secondary N) is 3. The minimum atomic E-state index is 0.552. The van der Waals surface area contributed by atoms with Gasteiger partial charge in [-0.15, -0.1) is 0 Å². The van der Waals surface area contributed by atoms with Crippen LogP contribution >= 0.6 is 11.6 Å². The maximum absolute atomic E-state index is 6.03. The summed E-state index contributed by atoms with van der Waals surface area (Å²) in [5.41, 5.74) is 5.52. The fourth-order valence-corrected chi connectivity index (χ4v) is 4.02. The first kappa shape index (κ1) is 22.0. The summed E-state index contributed by atoms with van der Waals surface area (Å²) in [6.45, 7) is 10.6. The maximum Gasteiger partial charge on any atom is 0.131 e. The molecule has 0 spiro atoms. The third-order valence-electron chi connectivity index (χ3n) is 5.72. The Bertz CT molecular complexity index is 1080. The number of piperidine rings is 1. The summed E-state index contributed by atoms with van der Waals surface area (Å²) in [5, 5.41) is 14.3. The van der Waals surface area contributed by atoms with Gasteiger partial charge in [-0.2, -0.15) is 5.10 Å². The molecule has 0 bridgehead atoms. The predicted molar refractivity (Wildman–Crippen MR) is 131 cm³/mol. The first-order valence-corrected chi connectivity index (χ1v) is 11.1. The minimum Gasteiger partial charge on any atom is -0.353 e. The van der Waals surface area contributed by atoms with Crippen LogP contribution in [-0.4, -0.2) is 45.2 Å². The molecule has 0 atom stereocenters. The second-order valence-corrected chi connectivity index (χ2v) is 8.67. The summed E-state index contributed by atoms with van der Waals surface area (Å²) in [6, 6.07) is 5.93. The molecule has 0 unspecified atom stereocenters. The van der Waals surface area contributed by atoms with E-state index in [1.807, 2.05) is 12.3 Å². The van der Waals surface area contributed by atoms with Gasteiger partial charge in [0.25, 0.3) is 0 Å². The van der Waals surface area contributed by atoms with Crippen LogP contribution in [0, 0.1) is 5.92 Å². The molecular formula is C24H28ClN7. The molecule has 7 nitrogen and oxygen atoms in total. The van der Waals surface area contributed by atoms with Crippen molar-refractivity contribution in [1.29, 1.82) is 0 Å². The van der Waals surface area contributed by atoms with Crippen LogP contribution in [0.15, 0.2) is 56.1 Å². The Morgan fingerprint density at radius 2 is 1.97 bits per heavy atom. The highest BCUT2D eigenvalue weighted by atomic mass is 35.5. The highest BCUT2D eigenvalue weighted by Gasteiger charge is 2.17. The molecule has 1 aliphatic heterocycles. The molecule has 0 saturated carbocycles. The van der Waals surface area contributed by atoms with Crippen LogP contribution in [0.1, 0.15) is 29.8 Å². The van der Waals surface area contributed by atoms with E-state index >= 15 is 0 Å². The summed E-state index contributed by atoms with van der Waals surface area (Å²) >= 11 is 6.03. The zero-order chi connectivity index (χ0) is 22.5. The lowest BCUT2D eigenvalue weighted by Gasteiger charge is -2.28. The Balaban J connectivity index is 1.36. The second-order valence-electron chi connectivity index (χ2n) is 8.24. The monoisotopic (exact) mass is 449 g/mol. The van der Waals surface area contributed by atoms with Crippen molar-refractivity contribution in [1.82, 2.24) is 25.1 Å². The Morgan fingerprint density at radius 1 is 1.16 bits per heavy atom. The molecule has 8 heteroatoms. The van der Waals surface area contributed by atoms with Crippen molar-refractivity contribution in [2.24, 2.45) is 5.92 Å². The molecule has 0 amide bonds. The van der Waals surface area contributed by atoms with Crippen LogP contribution in [0.2, 0.25) is 5.02 Å². The topological polar surface area (TPSA) is 81.8 Å². The lowest BCUT2D eigenvalue weighted by Crippen LogP contribution is -2.31. The average molecular weight is 450 g/mol. The molecule has 0 aromatic carbocycles. The van der Waals surface area contributed by atoms with Crippen LogP contribution in [-0.2, 0) is 6.42 Å². The number of anilines is 2. The van der Waals surface area contributed by atoms with Gasteiger partial charge in [0, 0.05) is 35.5 Å². The minimum absolute atomic E-state index is 0.552. The van der Waals surface area contributed by atoms with Crippen molar-refractivity contribution in [3.05, 3.63) is 78.1 Å². The molecule has 1 saturated heterocycles. The van der Waals surface area contributed by atoms with Crippen LogP contribution in [0.25, 0.3) is 11.4 Å². The van der Waals surface area contributed by atoms with E-state index in [0.29, 0.717) is 28.0 Å². The molecule has 1 fully saturated rings. The van der Waals surface area contributed by atoms with Gasteiger partial charge in [0.15, 0.2) is 0 Å². The molecule has 0 aliphatic carbocycles. The van der Waals surface area contributed by atoms with Gasteiger partial charge < -0.3 is 15.5 Å². The van der Waals surface area contributed by atoms with Gasteiger partial charge in [-0.05, 0) is 63.5 Å². The second kappa shape index (κ2) is 9.97. The van der Waals surface area contributed by atoms with E-state index in [9.17, 15) is 0 Å². The number of aromatic amines is 1. The largest absolute Gasteiger partial charge is 0.353 e. The summed E-state index contributed by atoms with van der Waals surface area (Å²) in [4.78, 5) is 11.1. The molecule has 1 aliphatic rings. The Hall–Kier alpha value is -3.16. The number of pyridine rings is 2. The van der Waals surface area contributed by atoms with Crippen molar-refractivity contribution >= 4 is 34.4 Å². The number of halogens is 1. The Morgan fingerprint density at radius 3 is 2.69 bits per heavy atom. The zero-order valence-corrected chi connectivity index (χ0v) is 19.0. The molecule has 166 valence electrons. The van der Waals surface area contributed by atoms with Gasteiger partial charge in [0.2, 0.25) is 0 Å². The highest BCUT2D eigenvalue weighted by molar-refractivity contribution is 6.30. The van der Waals surface area contributed by atoms with Crippen molar-refractivity contribution < 1.29 is 0 Å². The van der Waals surface area contributed by atoms with Gasteiger partial charge in [0.1, 0.15) is 5.69 Å². The number of hydrogen-bond acceptors (Lipinski definition) is 6. The van der Waals surface area contributed by atoms with E-state index in [1.165, 1.54) is 25.9 Å². The quantitative estimate of drug-likeness (QED) is 0.453. The molecule has 4 rings (SSSR count). The Kier molecular flexibility index (Phi) is 6.87. The highest BCUT2D eigenvalue weighted by Crippen LogP contribution is 2.26. The van der Waals surface area contributed by atoms with Gasteiger partial charge in [-0.25, -0.2) is 0 Å². The lowest BCUT2D eigenvalue weighted by atomic mass is 9.92. The number of rotatable bonds is 8.